The lowest BCUT2D eigenvalue weighted by Crippen LogP contribution is -2.40. The van der Waals surface area contributed by atoms with Crippen LogP contribution < -0.4 is 5.32 Å². The molecule has 0 aromatic rings. The Morgan fingerprint density at radius 3 is 2.53 bits per heavy atom. The van der Waals surface area contributed by atoms with Crippen molar-refractivity contribution in [3.05, 3.63) is 0 Å². The van der Waals surface area contributed by atoms with Crippen LogP contribution >= 0.6 is 0 Å². The Morgan fingerprint density at radius 1 is 1.47 bits per heavy atom. The van der Waals surface area contributed by atoms with E-state index in [9.17, 15) is 4.79 Å². The van der Waals surface area contributed by atoms with Crippen LogP contribution in [0.25, 0.3) is 0 Å². The number of amides is 1. The Bertz CT molecular complexity index is 183. The summed E-state index contributed by atoms with van der Waals surface area (Å²) in [5.74, 6) is 0.0532. The van der Waals surface area contributed by atoms with E-state index in [1.807, 2.05) is 25.8 Å². The standard InChI is InChI=1S/C11H24N2O2/c1-5-9(2)12-11(15)8-13(4)7-6-10(3)14/h9-10,14H,5-8H2,1-4H3,(H,12,15). The molecule has 2 N–H and O–H groups in total. The van der Waals surface area contributed by atoms with Crippen molar-refractivity contribution in [2.24, 2.45) is 0 Å². The molecule has 0 aromatic carbocycles. The van der Waals surface area contributed by atoms with Crippen LogP contribution in [0, 0.1) is 0 Å². The molecule has 2 unspecified atom stereocenters. The fraction of sp³-hybridized carbons (Fsp3) is 0.909. The van der Waals surface area contributed by atoms with Gasteiger partial charge in [0, 0.05) is 12.6 Å². The van der Waals surface area contributed by atoms with Gasteiger partial charge in [0.15, 0.2) is 0 Å². The molecule has 0 spiro atoms. The van der Waals surface area contributed by atoms with Crippen LogP contribution in [0.3, 0.4) is 0 Å². The summed E-state index contributed by atoms with van der Waals surface area (Å²) in [5, 5.41) is 12.0. The van der Waals surface area contributed by atoms with Gasteiger partial charge >= 0.3 is 0 Å². The molecule has 0 saturated carbocycles. The predicted molar refractivity (Wildman–Crippen MR) is 61.7 cm³/mol. The Morgan fingerprint density at radius 2 is 2.07 bits per heavy atom. The van der Waals surface area contributed by atoms with E-state index in [1.54, 1.807) is 6.92 Å². The van der Waals surface area contributed by atoms with E-state index in [4.69, 9.17) is 5.11 Å². The maximum absolute atomic E-state index is 11.5. The monoisotopic (exact) mass is 216 g/mol. The first-order chi connectivity index (χ1) is 6.95. The average molecular weight is 216 g/mol. The Kier molecular flexibility index (Phi) is 7.34. The second-order valence-corrected chi connectivity index (χ2v) is 4.25. The van der Waals surface area contributed by atoms with Crippen LogP contribution in [-0.4, -0.2) is 48.2 Å². The predicted octanol–water partition coefficient (Wildman–Crippen LogP) is 0.604. The molecule has 0 fully saturated rings. The van der Waals surface area contributed by atoms with Crippen LogP contribution in [0.5, 0.6) is 0 Å². The lowest BCUT2D eigenvalue weighted by Gasteiger charge is -2.18. The first-order valence-corrected chi connectivity index (χ1v) is 5.61. The third kappa shape index (κ3) is 8.39. The molecule has 15 heavy (non-hydrogen) atoms. The van der Waals surface area contributed by atoms with Gasteiger partial charge in [0.05, 0.1) is 12.6 Å². The number of hydrogen-bond donors (Lipinski definition) is 2. The second-order valence-electron chi connectivity index (χ2n) is 4.25. The second kappa shape index (κ2) is 7.65. The average Bonchev–Trinajstić information content (AvgIpc) is 2.14. The van der Waals surface area contributed by atoms with Crippen molar-refractivity contribution in [1.82, 2.24) is 10.2 Å². The highest BCUT2D eigenvalue weighted by Gasteiger charge is 2.09. The van der Waals surface area contributed by atoms with Crippen LogP contribution in [0.1, 0.15) is 33.6 Å². The van der Waals surface area contributed by atoms with Gasteiger partial charge in [0.2, 0.25) is 5.91 Å². The van der Waals surface area contributed by atoms with Crippen molar-refractivity contribution >= 4 is 5.91 Å². The van der Waals surface area contributed by atoms with E-state index in [0.717, 1.165) is 13.0 Å². The number of aliphatic hydroxyl groups excluding tert-OH is 1. The molecule has 0 rings (SSSR count). The van der Waals surface area contributed by atoms with Gasteiger partial charge in [-0.15, -0.1) is 0 Å². The molecular formula is C11H24N2O2. The molecule has 4 nitrogen and oxygen atoms in total. The highest BCUT2D eigenvalue weighted by Crippen LogP contribution is 1.94. The van der Waals surface area contributed by atoms with Crippen LogP contribution in [0.4, 0.5) is 0 Å². The van der Waals surface area contributed by atoms with Crippen LogP contribution in [-0.2, 0) is 4.79 Å². The first kappa shape index (κ1) is 14.4. The summed E-state index contributed by atoms with van der Waals surface area (Å²) in [6.07, 6.45) is 1.35. The lowest BCUT2D eigenvalue weighted by atomic mass is 10.2. The number of aliphatic hydroxyl groups is 1. The van der Waals surface area contributed by atoms with Gasteiger partial charge in [-0.05, 0) is 33.7 Å². The third-order valence-electron chi connectivity index (χ3n) is 2.36. The summed E-state index contributed by atoms with van der Waals surface area (Å²) in [6, 6.07) is 0.239. The number of nitrogens with one attached hydrogen (secondary N) is 1. The molecule has 0 radical (unpaired) electrons. The fourth-order valence-corrected chi connectivity index (χ4v) is 1.15. The summed E-state index contributed by atoms with van der Waals surface area (Å²) in [5.41, 5.74) is 0. The third-order valence-corrected chi connectivity index (χ3v) is 2.36. The largest absolute Gasteiger partial charge is 0.393 e. The highest BCUT2D eigenvalue weighted by atomic mass is 16.3. The number of hydrogen-bond acceptors (Lipinski definition) is 3. The normalized spacial score (nSPS) is 15.1. The van der Waals surface area contributed by atoms with Crippen molar-refractivity contribution in [1.29, 1.82) is 0 Å². The van der Waals surface area contributed by atoms with Gasteiger partial charge in [0.1, 0.15) is 0 Å². The Labute approximate surface area is 92.7 Å². The Balaban J connectivity index is 3.66. The summed E-state index contributed by atoms with van der Waals surface area (Å²) in [6.45, 7) is 6.94. The molecule has 0 aliphatic heterocycles. The molecule has 0 heterocycles. The maximum atomic E-state index is 11.5. The smallest absolute Gasteiger partial charge is 0.234 e. The minimum Gasteiger partial charge on any atom is -0.393 e. The summed E-state index contributed by atoms with van der Waals surface area (Å²) in [7, 11) is 1.89. The maximum Gasteiger partial charge on any atom is 0.234 e. The zero-order chi connectivity index (χ0) is 11.8. The summed E-state index contributed by atoms with van der Waals surface area (Å²) >= 11 is 0. The van der Waals surface area contributed by atoms with Gasteiger partial charge in [-0.3, -0.25) is 9.69 Å². The molecule has 0 saturated heterocycles. The van der Waals surface area contributed by atoms with Gasteiger partial charge in [-0.1, -0.05) is 6.92 Å². The van der Waals surface area contributed by atoms with E-state index in [-0.39, 0.29) is 18.1 Å². The zero-order valence-corrected chi connectivity index (χ0v) is 10.3. The van der Waals surface area contributed by atoms with Gasteiger partial charge in [0.25, 0.3) is 0 Å². The fourth-order valence-electron chi connectivity index (χ4n) is 1.15. The van der Waals surface area contributed by atoms with Crippen molar-refractivity contribution < 1.29 is 9.90 Å². The van der Waals surface area contributed by atoms with E-state index in [0.29, 0.717) is 13.0 Å². The summed E-state index contributed by atoms with van der Waals surface area (Å²) < 4.78 is 0. The van der Waals surface area contributed by atoms with Gasteiger partial charge < -0.3 is 10.4 Å². The topological polar surface area (TPSA) is 52.6 Å². The number of likely N-dealkylation sites (N-methyl/N-ethyl adjacent to an activating group) is 1. The van der Waals surface area contributed by atoms with E-state index < -0.39 is 0 Å². The number of carbonyl (C=O) groups is 1. The van der Waals surface area contributed by atoms with Crippen molar-refractivity contribution in [2.45, 2.75) is 45.8 Å². The van der Waals surface area contributed by atoms with Crippen molar-refractivity contribution in [3.63, 3.8) is 0 Å². The molecular weight excluding hydrogens is 192 g/mol. The summed E-state index contributed by atoms with van der Waals surface area (Å²) in [4.78, 5) is 13.4. The van der Waals surface area contributed by atoms with E-state index >= 15 is 0 Å². The van der Waals surface area contributed by atoms with Crippen LogP contribution in [0.2, 0.25) is 0 Å². The highest BCUT2D eigenvalue weighted by molar-refractivity contribution is 5.78. The lowest BCUT2D eigenvalue weighted by molar-refractivity contribution is -0.122. The Hall–Kier alpha value is -0.610. The molecule has 90 valence electrons. The first-order valence-electron chi connectivity index (χ1n) is 5.61. The molecule has 0 bridgehead atoms. The number of rotatable bonds is 7. The quantitative estimate of drug-likeness (QED) is 0.655. The van der Waals surface area contributed by atoms with Crippen molar-refractivity contribution in [2.75, 3.05) is 20.1 Å². The minimum atomic E-state index is -0.301. The van der Waals surface area contributed by atoms with E-state index in [2.05, 4.69) is 5.32 Å². The molecule has 0 aromatic heterocycles. The molecule has 4 heteroatoms. The SMILES string of the molecule is CCC(C)NC(=O)CN(C)CCC(C)O. The van der Waals surface area contributed by atoms with Gasteiger partial charge in [-0.25, -0.2) is 0 Å². The number of nitrogens with zero attached hydrogens (tertiary/aromatic N) is 1. The molecule has 0 aliphatic carbocycles. The minimum absolute atomic E-state index is 0.0532. The van der Waals surface area contributed by atoms with E-state index in [1.165, 1.54) is 0 Å². The molecule has 0 aliphatic rings. The zero-order valence-electron chi connectivity index (χ0n) is 10.3. The van der Waals surface area contributed by atoms with Crippen molar-refractivity contribution in [3.8, 4) is 0 Å². The van der Waals surface area contributed by atoms with Crippen LogP contribution in [0.15, 0.2) is 0 Å². The molecule has 1 amide bonds. The number of carbonyl (C=O) groups excluding carboxylic acids is 1. The molecule has 2 atom stereocenters. The van der Waals surface area contributed by atoms with Gasteiger partial charge in [-0.2, -0.15) is 0 Å².